The second-order valence-corrected chi connectivity index (χ2v) is 7.67. The van der Waals surface area contributed by atoms with Gasteiger partial charge in [0.05, 0.1) is 18.2 Å². The number of anilines is 1. The van der Waals surface area contributed by atoms with Gasteiger partial charge in [0, 0.05) is 12.1 Å². The maximum Gasteiger partial charge on any atom is 0.240 e. The number of hydrogen-bond donors (Lipinski definition) is 2. The minimum atomic E-state index is -0.450. The van der Waals surface area contributed by atoms with Gasteiger partial charge in [-0.3, -0.25) is 14.6 Å². The molecule has 1 heterocycles. The zero-order valence-corrected chi connectivity index (χ0v) is 15.5. The lowest BCUT2D eigenvalue weighted by Crippen LogP contribution is -2.28. The zero-order chi connectivity index (χ0) is 17.8. The first kappa shape index (κ1) is 18.1. The van der Waals surface area contributed by atoms with Gasteiger partial charge in [-0.05, 0) is 31.0 Å². The quantitative estimate of drug-likeness (QED) is 0.820. The molecule has 1 aromatic rings. The number of amides is 2. The van der Waals surface area contributed by atoms with Crippen LogP contribution in [0.5, 0.6) is 5.75 Å². The molecule has 25 heavy (non-hydrogen) atoms. The number of rotatable bonds is 5. The van der Waals surface area contributed by atoms with Crippen molar-refractivity contribution in [3.63, 3.8) is 0 Å². The molecule has 0 unspecified atom stereocenters. The van der Waals surface area contributed by atoms with E-state index in [-0.39, 0.29) is 18.2 Å². The van der Waals surface area contributed by atoms with Crippen LogP contribution in [-0.2, 0) is 9.59 Å². The largest absolute Gasteiger partial charge is 0.495 e. The second kappa shape index (κ2) is 8.10. The standard InChI is InChI=1S/C17H20ClN3O3S/c1-24-13-7-6-11(8-12(13)18)19-15(22)9-14-16(23)21-17(25-14)20-10-4-2-3-5-10/h6-8,10,14H,2-5,9H2,1H3,(H,19,22)(H,20,21,23)/t14-/m1/s1. The van der Waals surface area contributed by atoms with Crippen molar-refractivity contribution in [2.45, 2.75) is 43.4 Å². The molecule has 0 radical (unpaired) electrons. The van der Waals surface area contributed by atoms with Crippen molar-refractivity contribution < 1.29 is 14.3 Å². The summed E-state index contributed by atoms with van der Waals surface area (Å²) in [6.45, 7) is 0. The Morgan fingerprint density at radius 3 is 2.88 bits per heavy atom. The van der Waals surface area contributed by atoms with Crippen molar-refractivity contribution in [3.05, 3.63) is 23.2 Å². The highest BCUT2D eigenvalue weighted by Gasteiger charge is 2.32. The van der Waals surface area contributed by atoms with Crippen LogP contribution in [-0.4, -0.2) is 35.4 Å². The highest BCUT2D eigenvalue weighted by molar-refractivity contribution is 8.15. The number of carbonyl (C=O) groups excluding carboxylic acids is 2. The number of aliphatic imine (C=N–C) groups is 1. The first-order valence-electron chi connectivity index (χ1n) is 8.24. The third-order valence-corrected chi connectivity index (χ3v) is 5.60. The number of halogens is 1. The molecular formula is C17H20ClN3O3S. The maximum absolute atomic E-state index is 12.2. The summed E-state index contributed by atoms with van der Waals surface area (Å²) in [7, 11) is 1.53. The summed E-state index contributed by atoms with van der Waals surface area (Å²) in [6.07, 6.45) is 4.61. The maximum atomic E-state index is 12.2. The minimum Gasteiger partial charge on any atom is -0.495 e. The third kappa shape index (κ3) is 4.67. The molecular weight excluding hydrogens is 362 g/mol. The molecule has 1 aliphatic heterocycles. The summed E-state index contributed by atoms with van der Waals surface area (Å²) in [5.74, 6) is 0.138. The molecule has 1 aliphatic carbocycles. The molecule has 0 bridgehead atoms. The van der Waals surface area contributed by atoms with E-state index in [9.17, 15) is 9.59 Å². The Bertz CT molecular complexity index is 704. The van der Waals surface area contributed by atoms with Gasteiger partial charge in [0.2, 0.25) is 11.8 Å². The average molecular weight is 382 g/mol. The zero-order valence-electron chi connectivity index (χ0n) is 13.9. The van der Waals surface area contributed by atoms with Crippen LogP contribution in [0, 0.1) is 0 Å². The number of ether oxygens (including phenoxy) is 1. The Morgan fingerprint density at radius 2 is 2.20 bits per heavy atom. The molecule has 1 aromatic carbocycles. The lowest BCUT2D eigenvalue weighted by atomic mass is 10.2. The van der Waals surface area contributed by atoms with E-state index in [1.807, 2.05) is 0 Å². The van der Waals surface area contributed by atoms with Gasteiger partial charge in [0.1, 0.15) is 11.0 Å². The fraction of sp³-hybridized carbons (Fsp3) is 0.471. The van der Waals surface area contributed by atoms with E-state index in [1.54, 1.807) is 18.2 Å². The number of benzene rings is 1. The Kier molecular flexibility index (Phi) is 5.86. The summed E-state index contributed by atoms with van der Waals surface area (Å²) in [4.78, 5) is 28.8. The van der Waals surface area contributed by atoms with Crippen LogP contribution in [0.3, 0.4) is 0 Å². The molecule has 1 saturated carbocycles. The highest BCUT2D eigenvalue weighted by Crippen LogP contribution is 2.29. The number of nitrogens with one attached hydrogen (secondary N) is 2. The molecule has 1 saturated heterocycles. The first-order valence-corrected chi connectivity index (χ1v) is 9.49. The third-order valence-electron chi connectivity index (χ3n) is 4.21. The van der Waals surface area contributed by atoms with Crippen molar-refractivity contribution in [2.24, 2.45) is 4.99 Å². The molecule has 2 amide bonds. The van der Waals surface area contributed by atoms with Crippen LogP contribution in [0.15, 0.2) is 23.2 Å². The van der Waals surface area contributed by atoms with Crippen LogP contribution in [0.25, 0.3) is 0 Å². The Morgan fingerprint density at radius 1 is 1.44 bits per heavy atom. The summed E-state index contributed by atoms with van der Waals surface area (Å²) >= 11 is 7.38. The molecule has 2 fully saturated rings. The molecule has 0 spiro atoms. The van der Waals surface area contributed by atoms with E-state index in [0.717, 1.165) is 12.8 Å². The molecule has 0 aromatic heterocycles. The van der Waals surface area contributed by atoms with E-state index >= 15 is 0 Å². The summed E-state index contributed by atoms with van der Waals surface area (Å²) in [6, 6.07) is 5.31. The average Bonchev–Trinajstić information content (AvgIpc) is 3.18. The number of carbonyl (C=O) groups is 2. The van der Waals surface area contributed by atoms with Crippen LogP contribution < -0.4 is 15.4 Å². The first-order chi connectivity index (χ1) is 12.0. The number of amidine groups is 1. The van der Waals surface area contributed by atoms with E-state index in [0.29, 0.717) is 27.7 Å². The fourth-order valence-corrected chi connectivity index (χ4v) is 4.22. The van der Waals surface area contributed by atoms with E-state index < -0.39 is 5.25 Å². The molecule has 8 heteroatoms. The topological polar surface area (TPSA) is 79.8 Å². The number of thioether (sulfide) groups is 1. The van der Waals surface area contributed by atoms with Crippen LogP contribution in [0.1, 0.15) is 32.1 Å². The van der Waals surface area contributed by atoms with Crippen molar-refractivity contribution >= 4 is 46.0 Å². The van der Waals surface area contributed by atoms with Gasteiger partial charge in [0.15, 0.2) is 5.17 Å². The van der Waals surface area contributed by atoms with Crippen molar-refractivity contribution in [2.75, 3.05) is 12.4 Å². The van der Waals surface area contributed by atoms with E-state index in [2.05, 4.69) is 15.6 Å². The van der Waals surface area contributed by atoms with E-state index in [1.165, 1.54) is 31.7 Å². The lowest BCUT2D eigenvalue weighted by Gasteiger charge is -2.09. The van der Waals surface area contributed by atoms with Gasteiger partial charge in [-0.2, -0.15) is 0 Å². The molecule has 134 valence electrons. The normalized spacial score (nSPS) is 22.2. The SMILES string of the molecule is COc1ccc(NC(=O)C[C@H]2SC(=NC3CCCC3)NC2=O)cc1Cl. The number of nitrogens with zero attached hydrogens (tertiary/aromatic N) is 1. The van der Waals surface area contributed by atoms with Gasteiger partial charge < -0.3 is 15.4 Å². The van der Waals surface area contributed by atoms with E-state index in [4.69, 9.17) is 16.3 Å². The van der Waals surface area contributed by atoms with Gasteiger partial charge in [-0.15, -0.1) is 0 Å². The summed E-state index contributed by atoms with van der Waals surface area (Å²) in [5.41, 5.74) is 0.569. The Balaban J connectivity index is 1.55. The smallest absolute Gasteiger partial charge is 0.240 e. The predicted molar refractivity (Wildman–Crippen MR) is 100 cm³/mol. The lowest BCUT2D eigenvalue weighted by molar-refractivity contribution is -0.122. The summed E-state index contributed by atoms with van der Waals surface area (Å²) in [5, 5.41) is 6.14. The van der Waals surface area contributed by atoms with Crippen molar-refractivity contribution in [1.82, 2.24) is 5.32 Å². The van der Waals surface area contributed by atoms with Gasteiger partial charge >= 0.3 is 0 Å². The number of hydrogen-bond acceptors (Lipinski definition) is 5. The summed E-state index contributed by atoms with van der Waals surface area (Å²) < 4.78 is 5.08. The Labute approximate surface area is 155 Å². The molecule has 1 atom stereocenters. The molecule has 2 aliphatic rings. The molecule has 6 nitrogen and oxygen atoms in total. The van der Waals surface area contributed by atoms with Crippen molar-refractivity contribution in [1.29, 1.82) is 0 Å². The van der Waals surface area contributed by atoms with Crippen molar-refractivity contribution in [3.8, 4) is 5.75 Å². The fourth-order valence-electron chi connectivity index (χ4n) is 2.92. The van der Waals surface area contributed by atoms with Crippen LogP contribution in [0.2, 0.25) is 5.02 Å². The van der Waals surface area contributed by atoms with Gasteiger partial charge in [-0.25, -0.2) is 0 Å². The monoisotopic (exact) mass is 381 g/mol. The molecule has 3 rings (SSSR count). The highest BCUT2D eigenvalue weighted by atomic mass is 35.5. The molecule has 2 N–H and O–H groups in total. The minimum absolute atomic E-state index is 0.0871. The predicted octanol–water partition coefficient (Wildman–Crippen LogP) is 3.21. The van der Waals surface area contributed by atoms with Crippen LogP contribution in [0.4, 0.5) is 5.69 Å². The second-order valence-electron chi connectivity index (χ2n) is 6.07. The van der Waals surface area contributed by atoms with Gasteiger partial charge in [-0.1, -0.05) is 36.2 Å². The Hall–Kier alpha value is -1.73. The van der Waals surface area contributed by atoms with Gasteiger partial charge in [0.25, 0.3) is 0 Å². The van der Waals surface area contributed by atoms with Crippen LogP contribution >= 0.6 is 23.4 Å². The number of methoxy groups -OCH3 is 1.